The van der Waals surface area contributed by atoms with E-state index in [1.54, 1.807) is 12.6 Å². The van der Waals surface area contributed by atoms with Gasteiger partial charge in [-0.3, -0.25) is 9.69 Å². The highest BCUT2D eigenvalue weighted by molar-refractivity contribution is 7.07. The highest BCUT2D eigenvalue weighted by atomic mass is 32.1. The molecule has 1 aromatic rings. The number of nitrogens with one attached hydrogen (secondary N) is 1. The summed E-state index contributed by atoms with van der Waals surface area (Å²) in [7, 11) is 1.79. The van der Waals surface area contributed by atoms with Gasteiger partial charge in [-0.05, 0) is 7.05 Å². The third kappa shape index (κ3) is 4.92. The maximum Gasteiger partial charge on any atom is 0.327 e. The Morgan fingerprint density at radius 3 is 2.82 bits per heavy atom. The number of carbonyl (C=O) groups is 2. The summed E-state index contributed by atoms with van der Waals surface area (Å²) in [4.78, 5) is 27.7. The number of likely N-dealkylation sites (N-methyl/N-ethyl adjacent to an activating group) is 1. The van der Waals surface area contributed by atoms with Crippen molar-refractivity contribution in [1.29, 1.82) is 0 Å². The average molecular weight is 257 g/mol. The van der Waals surface area contributed by atoms with Gasteiger partial charge in [0.1, 0.15) is 6.04 Å². The molecule has 0 aliphatic heterocycles. The first-order valence-corrected chi connectivity index (χ1v) is 5.99. The van der Waals surface area contributed by atoms with Crippen molar-refractivity contribution in [3.63, 3.8) is 0 Å². The second kappa shape index (κ2) is 6.31. The molecule has 1 heterocycles. The zero-order chi connectivity index (χ0) is 12.8. The summed E-state index contributed by atoms with van der Waals surface area (Å²) in [6.07, 6.45) is 0. The lowest BCUT2D eigenvalue weighted by Crippen LogP contribution is -2.46. The van der Waals surface area contributed by atoms with E-state index in [2.05, 4.69) is 10.3 Å². The second-order valence-electron chi connectivity index (χ2n) is 3.77. The van der Waals surface area contributed by atoms with Gasteiger partial charge in [0.2, 0.25) is 5.91 Å². The average Bonchev–Trinajstić information content (AvgIpc) is 2.68. The molecule has 0 saturated heterocycles. The SMILES string of the molecule is CC(=O)NC(CN(C)Cc1cscn1)C(=O)O. The molecule has 1 rings (SSSR count). The molecule has 94 valence electrons. The number of carbonyl (C=O) groups excluding carboxylic acids is 1. The van der Waals surface area contributed by atoms with Crippen molar-refractivity contribution in [3.8, 4) is 0 Å². The van der Waals surface area contributed by atoms with Crippen LogP contribution in [0, 0.1) is 0 Å². The van der Waals surface area contributed by atoms with Crippen LogP contribution in [-0.4, -0.2) is 46.5 Å². The lowest BCUT2D eigenvalue weighted by molar-refractivity contribution is -0.142. The number of carboxylic acids is 1. The summed E-state index contributed by atoms with van der Waals surface area (Å²) in [5.74, 6) is -1.38. The number of hydrogen-bond donors (Lipinski definition) is 2. The van der Waals surface area contributed by atoms with Crippen molar-refractivity contribution in [1.82, 2.24) is 15.2 Å². The van der Waals surface area contributed by atoms with Crippen LogP contribution >= 0.6 is 11.3 Å². The van der Waals surface area contributed by atoms with Crippen LogP contribution in [0.2, 0.25) is 0 Å². The Hall–Kier alpha value is -1.47. The second-order valence-corrected chi connectivity index (χ2v) is 4.49. The van der Waals surface area contributed by atoms with E-state index >= 15 is 0 Å². The first kappa shape index (κ1) is 13.6. The van der Waals surface area contributed by atoms with Crippen LogP contribution in [0.1, 0.15) is 12.6 Å². The van der Waals surface area contributed by atoms with Crippen molar-refractivity contribution in [2.24, 2.45) is 0 Å². The molecule has 0 spiro atoms. The normalized spacial score (nSPS) is 12.4. The smallest absolute Gasteiger partial charge is 0.327 e. The Kier molecular flexibility index (Phi) is 5.05. The van der Waals surface area contributed by atoms with Crippen molar-refractivity contribution >= 4 is 23.2 Å². The molecule has 0 bridgehead atoms. The zero-order valence-corrected chi connectivity index (χ0v) is 10.5. The van der Waals surface area contributed by atoms with Gasteiger partial charge in [0.25, 0.3) is 0 Å². The van der Waals surface area contributed by atoms with Crippen LogP contribution in [-0.2, 0) is 16.1 Å². The number of amides is 1. The van der Waals surface area contributed by atoms with Gasteiger partial charge in [-0.1, -0.05) is 0 Å². The number of aliphatic carboxylic acids is 1. The van der Waals surface area contributed by atoms with Crippen LogP contribution in [0.25, 0.3) is 0 Å². The van der Waals surface area contributed by atoms with Crippen molar-refractivity contribution in [2.75, 3.05) is 13.6 Å². The molecule has 0 aliphatic carbocycles. The highest BCUT2D eigenvalue weighted by Gasteiger charge is 2.20. The fourth-order valence-electron chi connectivity index (χ4n) is 1.40. The number of hydrogen-bond acceptors (Lipinski definition) is 5. The fourth-order valence-corrected chi connectivity index (χ4v) is 1.95. The fraction of sp³-hybridized carbons (Fsp3) is 0.500. The lowest BCUT2D eigenvalue weighted by atomic mass is 10.2. The Bertz CT molecular complexity index is 380. The molecule has 0 radical (unpaired) electrons. The van der Waals surface area contributed by atoms with E-state index in [1.165, 1.54) is 18.3 Å². The summed E-state index contributed by atoms with van der Waals surface area (Å²) in [5.41, 5.74) is 2.62. The molecule has 1 unspecified atom stereocenters. The zero-order valence-electron chi connectivity index (χ0n) is 9.71. The van der Waals surface area contributed by atoms with Gasteiger partial charge in [0, 0.05) is 25.4 Å². The van der Waals surface area contributed by atoms with Crippen LogP contribution in [0.4, 0.5) is 0 Å². The third-order valence-corrected chi connectivity index (χ3v) is 2.72. The van der Waals surface area contributed by atoms with Gasteiger partial charge in [0.15, 0.2) is 0 Å². The van der Waals surface area contributed by atoms with Crippen LogP contribution in [0.5, 0.6) is 0 Å². The van der Waals surface area contributed by atoms with Gasteiger partial charge < -0.3 is 10.4 Å². The van der Waals surface area contributed by atoms with Gasteiger partial charge in [-0.15, -0.1) is 11.3 Å². The van der Waals surface area contributed by atoms with Crippen molar-refractivity contribution in [2.45, 2.75) is 19.5 Å². The Labute approximate surface area is 103 Å². The van der Waals surface area contributed by atoms with Crippen molar-refractivity contribution < 1.29 is 14.7 Å². The van der Waals surface area contributed by atoms with Crippen LogP contribution in [0.15, 0.2) is 10.9 Å². The summed E-state index contributed by atoms with van der Waals surface area (Å²) in [5, 5.41) is 13.2. The number of carboxylic acid groups (broad SMARTS) is 1. The summed E-state index contributed by atoms with van der Waals surface area (Å²) in [6, 6.07) is -0.892. The molecule has 0 aliphatic rings. The van der Waals surface area contributed by atoms with E-state index in [9.17, 15) is 9.59 Å². The molecule has 1 amide bonds. The van der Waals surface area contributed by atoms with E-state index in [1.807, 2.05) is 10.3 Å². The molecule has 0 fully saturated rings. The first-order valence-electron chi connectivity index (χ1n) is 5.04. The molecule has 7 heteroatoms. The van der Waals surface area contributed by atoms with E-state index in [-0.39, 0.29) is 12.5 Å². The third-order valence-electron chi connectivity index (χ3n) is 2.09. The van der Waals surface area contributed by atoms with Gasteiger partial charge in [0.05, 0.1) is 11.2 Å². The molecular weight excluding hydrogens is 242 g/mol. The predicted octanol–water partition coefficient (Wildman–Crippen LogP) is 0.164. The monoisotopic (exact) mass is 257 g/mol. The number of nitrogens with zero attached hydrogens (tertiary/aromatic N) is 2. The lowest BCUT2D eigenvalue weighted by Gasteiger charge is -2.20. The standard InChI is InChI=1S/C10H15N3O3S/c1-7(14)12-9(10(15)16)4-13(2)3-8-5-17-6-11-8/h5-6,9H,3-4H2,1-2H3,(H,12,14)(H,15,16). The molecule has 2 N–H and O–H groups in total. The van der Waals surface area contributed by atoms with Crippen LogP contribution in [0.3, 0.4) is 0 Å². The Morgan fingerprint density at radius 1 is 1.65 bits per heavy atom. The van der Waals surface area contributed by atoms with Gasteiger partial charge in [-0.2, -0.15) is 0 Å². The highest BCUT2D eigenvalue weighted by Crippen LogP contribution is 2.04. The molecule has 6 nitrogen and oxygen atoms in total. The van der Waals surface area contributed by atoms with Gasteiger partial charge >= 0.3 is 5.97 Å². The summed E-state index contributed by atoms with van der Waals surface area (Å²) < 4.78 is 0. The summed E-state index contributed by atoms with van der Waals surface area (Å²) >= 11 is 1.49. The van der Waals surface area contributed by atoms with E-state index < -0.39 is 12.0 Å². The van der Waals surface area contributed by atoms with E-state index in [0.717, 1.165) is 5.69 Å². The number of thiazole rings is 1. The maximum absolute atomic E-state index is 10.9. The Morgan fingerprint density at radius 2 is 2.35 bits per heavy atom. The topological polar surface area (TPSA) is 82.5 Å². The number of aromatic nitrogens is 1. The number of rotatable bonds is 6. The molecule has 17 heavy (non-hydrogen) atoms. The maximum atomic E-state index is 10.9. The Balaban J connectivity index is 2.49. The largest absolute Gasteiger partial charge is 0.480 e. The minimum atomic E-state index is -1.04. The van der Waals surface area contributed by atoms with Gasteiger partial charge in [-0.25, -0.2) is 9.78 Å². The summed E-state index contributed by atoms with van der Waals surface area (Å²) in [6.45, 7) is 2.11. The quantitative estimate of drug-likeness (QED) is 0.759. The van der Waals surface area contributed by atoms with E-state index in [0.29, 0.717) is 6.54 Å². The van der Waals surface area contributed by atoms with Crippen LogP contribution < -0.4 is 5.32 Å². The first-order chi connectivity index (χ1) is 7.99. The van der Waals surface area contributed by atoms with Crippen molar-refractivity contribution in [3.05, 3.63) is 16.6 Å². The molecule has 0 saturated carbocycles. The molecular formula is C10H15N3O3S. The molecule has 1 atom stereocenters. The minimum Gasteiger partial charge on any atom is -0.480 e. The predicted molar refractivity (Wildman–Crippen MR) is 63.7 cm³/mol. The molecule has 0 aromatic carbocycles. The van der Waals surface area contributed by atoms with E-state index in [4.69, 9.17) is 5.11 Å². The molecule has 1 aromatic heterocycles. The minimum absolute atomic E-state index is 0.243.